The summed E-state index contributed by atoms with van der Waals surface area (Å²) in [6, 6.07) is 20.0. The molecule has 1 fully saturated rings. The van der Waals surface area contributed by atoms with E-state index in [4.69, 9.17) is 9.72 Å². The van der Waals surface area contributed by atoms with Gasteiger partial charge >= 0.3 is 6.11 Å². The Morgan fingerprint density at radius 2 is 1.85 bits per heavy atom. The number of carbonyl (C=O) groups is 1. The van der Waals surface area contributed by atoms with Crippen LogP contribution < -0.4 is 10.1 Å². The van der Waals surface area contributed by atoms with Gasteiger partial charge < -0.3 is 10.1 Å². The second-order valence-electron chi connectivity index (χ2n) is 10.5. The number of nitrogens with one attached hydrogen (secondary N) is 1. The minimum Gasteiger partial charge on any atom is -0.433 e. The van der Waals surface area contributed by atoms with Crippen LogP contribution in [0, 0.1) is 6.92 Å². The van der Waals surface area contributed by atoms with E-state index in [9.17, 15) is 13.6 Å². The smallest absolute Gasteiger partial charge is 0.397 e. The molecule has 1 aliphatic heterocycles. The highest BCUT2D eigenvalue weighted by Gasteiger charge is 2.28. The van der Waals surface area contributed by atoms with E-state index >= 15 is 0 Å². The largest absolute Gasteiger partial charge is 0.433 e. The lowest BCUT2D eigenvalue weighted by molar-refractivity contribution is -0.177. The van der Waals surface area contributed by atoms with Crippen molar-refractivity contribution in [1.82, 2.24) is 14.9 Å². The average Bonchev–Trinajstić information content (AvgIpc) is 2.99. The third kappa shape index (κ3) is 7.13. The van der Waals surface area contributed by atoms with Crippen LogP contribution in [0.2, 0.25) is 0 Å². The Kier molecular flexibility index (Phi) is 8.69. The number of hydrogen-bond donors (Lipinski definition) is 1. The summed E-state index contributed by atoms with van der Waals surface area (Å²) in [6.45, 7) is 6.16. The Balaban J connectivity index is 1.23. The van der Waals surface area contributed by atoms with Crippen molar-refractivity contribution in [3.63, 3.8) is 0 Å². The summed E-state index contributed by atoms with van der Waals surface area (Å²) in [6.07, 6.45) is 3.97. The molecule has 1 aliphatic rings. The average molecular weight is 557 g/mol. The summed E-state index contributed by atoms with van der Waals surface area (Å²) in [4.78, 5) is 24.5. The van der Waals surface area contributed by atoms with Crippen molar-refractivity contribution in [1.29, 1.82) is 0 Å². The van der Waals surface area contributed by atoms with E-state index in [-0.39, 0.29) is 11.7 Å². The molecule has 6 nitrogen and oxygen atoms in total. The number of alkyl halides is 2. The fourth-order valence-corrected chi connectivity index (χ4v) is 5.25. The van der Waals surface area contributed by atoms with Gasteiger partial charge in [0, 0.05) is 49.1 Å². The number of aromatic nitrogens is 2. The van der Waals surface area contributed by atoms with Gasteiger partial charge in [-0.05, 0) is 91.0 Å². The second kappa shape index (κ2) is 12.6. The molecular weight excluding hydrogens is 522 g/mol. The molecule has 2 aromatic heterocycles. The van der Waals surface area contributed by atoms with Gasteiger partial charge in [0.15, 0.2) is 0 Å². The topological polar surface area (TPSA) is 67.3 Å². The predicted molar refractivity (Wildman–Crippen MR) is 156 cm³/mol. The van der Waals surface area contributed by atoms with Gasteiger partial charge in [-0.2, -0.15) is 8.78 Å². The Bertz CT molecular complexity index is 1460. The van der Waals surface area contributed by atoms with E-state index < -0.39 is 12.5 Å². The first kappa shape index (κ1) is 28.4. The minimum absolute atomic E-state index is 0.0952. The number of amides is 1. The number of rotatable bonds is 9. The monoisotopic (exact) mass is 556 g/mol. The highest BCUT2D eigenvalue weighted by molar-refractivity contribution is 6.06. The number of benzene rings is 2. The molecule has 4 aromatic rings. The van der Waals surface area contributed by atoms with Gasteiger partial charge in [-0.15, -0.1) is 0 Å². The lowest BCUT2D eigenvalue weighted by Crippen LogP contribution is -2.34. The molecular formula is C33H34F2N4O2. The molecule has 1 unspecified atom stereocenters. The summed E-state index contributed by atoms with van der Waals surface area (Å²) < 4.78 is 31.9. The number of nitrogens with zero attached hydrogens (tertiary/aromatic N) is 3. The van der Waals surface area contributed by atoms with Gasteiger partial charge in [-0.3, -0.25) is 19.7 Å². The van der Waals surface area contributed by atoms with Crippen LogP contribution in [-0.2, 0) is 6.54 Å². The molecule has 212 valence electrons. The van der Waals surface area contributed by atoms with Crippen LogP contribution in [0.5, 0.6) is 5.75 Å². The van der Waals surface area contributed by atoms with Gasteiger partial charge in [0.2, 0.25) is 0 Å². The number of likely N-dealkylation sites (tertiary alicyclic amines) is 1. The summed E-state index contributed by atoms with van der Waals surface area (Å²) in [7, 11) is 0. The Labute approximate surface area is 239 Å². The fraction of sp³-hybridized carbons (Fsp3) is 0.303. The van der Waals surface area contributed by atoms with Crippen molar-refractivity contribution >= 4 is 11.6 Å². The molecule has 8 heteroatoms. The second-order valence-corrected chi connectivity index (χ2v) is 10.5. The standard InChI is InChI=1S/C33H34F2N4O2/c1-3-33(34,35)41-28-12-9-25(10-13-28)29-7-4-8-30(23(29)2)32(40)38-27-11-14-31(37-20-27)26-6-5-19-39(22-26)21-24-15-17-36-18-16-24/h4,7-18,20,26H,3,5-6,19,21-22H2,1-2H3,(H,38,40). The molecule has 1 amide bonds. The van der Waals surface area contributed by atoms with Gasteiger partial charge in [0.05, 0.1) is 11.9 Å². The zero-order chi connectivity index (χ0) is 28.8. The normalized spacial score (nSPS) is 15.9. The first-order valence-corrected chi connectivity index (χ1v) is 14.0. The first-order chi connectivity index (χ1) is 19.8. The van der Waals surface area contributed by atoms with Crippen molar-refractivity contribution in [3.8, 4) is 16.9 Å². The predicted octanol–water partition coefficient (Wildman–Crippen LogP) is 7.47. The molecule has 0 aliphatic carbocycles. The van der Waals surface area contributed by atoms with Crippen LogP contribution in [0.25, 0.3) is 11.1 Å². The molecule has 0 radical (unpaired) electrons. The van der Waals surface area contributed by atoms with Crippen molar-refractivity contribution in [2.45, 2.75) is 51.7 Å². The molecule has 1 N–H and O–H groups in total. The van der Waals surface area contributed by atoms with Crippen LogP contribution in [0.3, 0.4) is 0 Å². The van der Waals surface area contributed by atoms with E-state index in [0.717, 1.165) is 54.9 Å². The maximum atomic E-state index is 13.6. The lowest BCUT2D eigenvalue weighted by atomic mass is 9.94. The van der Waals surface area contributed by atoms with Crippen molar-refractivity contribution in [2.24, 2.45) is 0 Å². The molecule has 2 aromatic carbocycles. The summed E-state index contributed by atoms with van der Waals surface area (Å²) >= 11 is 0. The van der Waals surface area contributed by atoms with E-state index in [0.29, 0.717) is 17.2 Å². The van der Waals surface area contributed by atoms with Gasteiger partial charge in [-0.1, -0.05) is 31.2 Å². The Morgan fingerprint density at radius 3 is 2.56 bits per heavy atom. The minimum atomic E-state index is -3.21. The number of hydrogen-bond acceptors (Lipinski definition) is 5. The quantitative estimate of drug-likeness (QED) is 0.232. The van der Waals surface area contributed by atoms with Crippen LogP contribution in [-0.4, -0.2) is 40.0 Å². The van der Waals surface area contributed by atoms with E-state index in [1.54, 1.807) is 24.4 Å². The molecule has 0 saturated carbocycles. The number of ether oxygens (including phenoxy) is 1. The molecule has 5 rings (SSSR count). The van der Waals surface area contributed by atoms with E-state index in [1.807, 2.05) is 43.6 Å². The van der Waals surface area contributed by atoms with Crippen molar-refractivity contribution in [2.75, 3.05) is 18.4 Å². The Morgan fingerprint density at radius 1 is 1.07 bits per heavy atom. The first-order valence-electron chi connectivity index (χ1n) is 14.0. The van der Waals surface area contributed by atoms with E-state index in [1.165, 1.54) is 24.6 Å². The van der Waals surface area contributed by atoms with Crippen LogP contribution in [0.15, 0.2) is 85.3 Å². The molecule has 0 bridgehead atoms. The number of pyridine rings is 2. The molecule has 1 atom stereocenters. The Hall–Kier alpha value is -4.17. The highest BCUT2D eigenvalue weighted by atomic mass is 19.3. The molecule has 1 saturated heterocycles. The molecule has 3 heterocycles. The van der Waals surface area contributed by atoms with Gasteiger partial charge in [0.25, 0.3) is 5.91 Å². The van der Waals surface area contributed by atoms with Crippen LogP contribution >= 0.6 is 0 Å². The maximum absolute atomic E-state index is 13.6. The number of carbonyl (C=O) groups excluding carboxylic acids is 1. The highest BCUT2D eigenvalue weighted by Crippen LogP contribution is 2.31. The lowest BCUT2D eigenvalue weighted by Gasteiger charge is -2.32. The van der Waals surface area contributed by atoms with Crippen LogP contribution in [0.4, 0.5) is 14.5 Å². The summed E-state index contributed by atoms with van der Waals surface area (Å²) in [5.41, 5.74) is 5.89. The molecule has 0 spiro atoms. The summed E-state index contributed by atoms with van der Waals surface area (Å²) in [5, 5.41) is 2.97. The third-order valence-electron chi connectivity index (χ3n) is 7.55. The van der Waals surface area contributed by atoms with Gasteiger partial charge in [0.1, 0.15) is 5.75 Å². The number of anilines is 1. The zero-order valence-electron chi connectivity index (χ0n) is 23.3. The molecule has 41 heavy (non-hydrogen) atoms. The number of halogens is 2. The third-order valence-corrected chi connectivity index (χ3v) is 7.55. The van der Waals surface area contributed by atoms with E-state index in [2.05, 4.69) is 27.3 Å². The number of piperidine rings is 1. The summed E-state index contributed by atoms with van der Waals surface area (Å²) in [5.74, 6) is 0.208. The van der Waals surface area contributed by atoms with Crippen molar-refractivity contribution in [3.05, 3.63) is 108 Å². The maximum Gasteiger partial charge on any atom is 0.397 e. The van der Waals surface area contributed by atoms with Crippen LogP contribution in [0.1, 0.15) is 59.3 Å². The van der Waals surface area contributed by atoms with Gasteiger partial charge in [-0.25, -0.2) is 0 Å². The van der Waals surface area contributed by atoms with Crippen molar-refractivity contribution < 1.29 is 18.3 Å². The SMILES string of the molecule is CCC(F)(F)Oc1ccc(-c2cccc(C(=O)Nc3ccc(C4CCCN(Cc5ccncc5)C4)nc3)c2C)cc1. The zero-order valence-corrected chi connectivity index (χ0v) is 23.3. The fourth-order valence-electron chi connectivity index (χ4n) is 5.25.